The number of aromatic amines is 1. The van der Waals surface area contributed by atoms with Crippen molar-refractivity contribution in [2.75, 3.05) is 5.32 Å². The van der Waals surface area contributed by atoms with Crippen LogP contribution in [0.3, 0.4) is 0 Å². The Bertz CT molecular complexity index is 1230. The number of hydrogen-bond acceptors (Lipinski definition) is 3. The molecule has 0 bridgehead atoms. The summed E-state index contributed by atoms with van der Waals surface area (Å²) in [5.74, 6) is -0.426. The zero-order chi connectivity index (χ0) is 21.8. The number of pyridine rings is 1. The van der Waals surface area contributed by atoms with Crippen molar-refractivity contribution in [3.8, 4) is 11.4 Å². The van der Waals surface area contributed by atoms with Crippen LogP contribution in [0.4, 0.5) is 10.1 Å². The van der Waals surface area contributed by atoms with Crippen LogP contribution in [0.1, 0.15) is 35.7 Å². The number of carbonyl (C=O) groups is 2. The van der Waals surface area contributed by atoms with Crippen LogP contribution in [-0.2, 0) is 11.2 Å². The van der Waals surface area contributed by atoms with E-state index in [1.54, 1.807) is 36.5 Å². The van der Waals surface area contributed by atoms with Gasteiger partial charge in [-0.15, -0.1) is 0 Å². The number of Topliss-reactive ketones (excluding diaryl/α,β-unsaturated/α-hetero) is 1. The average Bonchev–Trinajstić information content (AvgIpc) is 3.12. The van der Waals surface area contributed by atoms with Gasteiger partial charge in [-0.3, -0.25) is 14.6 Å². The lowest BCUT2D eigenvalue weighted by atomic mass is 10.0. The number of aryl methyl sites for hydroxylation is 1. The fourth-order valence-electron chi connectivity index (χ4n) is 3.65. The molecule has 0 saturated heterocycles. The Balaban J connectivity index is 1.47. The minimum absolute atomic E-state index is 0.0169. The van der Waals surface area contributed by atoms with Gasteiger partial charge in [-0.1, -0.05) is 6.07 Å². The molecule has 1 amide bonds. The van der Waals surface area contributed by atoms with Crippen molar-refractivity contribution in [1.82, 2.24) is 9.97 Å². The summed E-state index contributed by atoms with van der Waals surface area (Å²) in [4.78, 5) is 31.5. The van der Waals surface area contributed by atoms with Crippen LogP contribution >= 0.6 is 0 Å². The molecule has 31 heavy (non-hydrogen) atoms. The first-order valence-electron chi connectivity index (χ1n) is 10.1. The smallest absolute Gasteiger partial charge is 0.224 e. The van der Waals surface area contributed by atoms with Crippen LogP contribution in [0.5, 0.6) is 0 Å². The number of aromatic nitrogens is 2. The predicted molar refractivity (Wildman–Crippen MR) is 120 cm³/mol. The fraction of sp³-hybridized carbons (Fsp3) is 0.160. The van der Waals surface area contributed by atoms with Crippen molar-refractivity contribution in [2.24, 2.45) is 0 Å². The van der Waals surface area contributed by atoms with Gasteiger partial charge in [0.1, 0.15) is 5.82 Å². The van der Waals surface area contributed by atoms with Gasteiger partial charge in [0.15, 0.2) is 5.78 Å². The Hall–Kier alpha value is -3.80. The Morgan fingerprint density at radius 2 is 1.87 bits per heavy atom. The molecule has 0 aliphatic rings. The number of nitrogens with one attached hydrogen (secondary N) is 2. The monoisotopic (exact) mass is 415 g/mol. The number of nitrogens with zero attached hydrogens (tertiary/aromatic N) is 1. The van der Waals surface area contributed by atoms with E-state index in [4.69, 9.17) is 0 Å². The van der Waals surface area contributed by atoms with E-state index in [0.29, 0.717) is 30.5 Å². The molecule has 0 fully saturated rings. The molecule has 6 heteroatoms. The van der Waals surface area contributed by atoms with Crippen molar-refractivity contribution in [3.05, 3.63) is 83.8 Å². The van der Waals surface area contributed by atoms with Gasteiger partial charge in [-0.25, -0.2) is 4.39 Å². The van der Waals surface area contributed by atoms with Gasteiger partial charge in [0, 0.05) is 34.8 Å². The zero-order valence-corrected chi connectivity index (χ0v) is 17.1. The maximum absolute atomic E-state index is 13.9. The number of benzene rings is 2. The largest absolute Gasteiger partial charge is 0.353 e. The summed E-state index contributed by atoms with van der Waals surface area (Å²) < 4.78 is 13.9. The summed E-state index contributed by atoms with van der Waals surface area (Å²) in [5.41, 5.74) is 4.68. The van der Waals surface area contributed by atoms with Gasteiger partial charge >= 0.3 is 0 Å². The topological polar surface area (TPSA) is 74.8 Å². The number of fused-ring (bicyclic) bond motifs is 1. The van der Waals surface area contributed by atoms with E-state index in [-0.39, 0.29) is 17.5 Å². The quantitative estimate of drug-likeness (QED) is 0.390. The molecule has 2 aromatic carbocycles. The second-order valence-electron chi connectivity index (χ2n) is 7.42. The average molecular weight is 415 g/mol. The molecule has 0 radical (unpaired) electrons. The van der Waals surface area contributed by atoms with Gasteiger partial charge in [-0.05, 0) is 79.9 Å². The number of ketones is 1. The number of H-pyrrole nitrogens is 1. The van der Waals surface area contributed by atoms with Crippen LogP contribution in [-0.4, -0.2) is 21.7 Å². The normalized spacial score (nSPS) is 10.9. The molecule has 2 aromatic heterocycles. The molecule has 2 heterocycles. The second kappa shape index (κ2) is 8.92. The first-order chi connectivity index (χ1) is 15.0. The number of hydrogen-bond donors (Lipinski definition) is 2. The summed E-state index contributed by atoms with van der Waals surface area (Å²) in [5, 5.41) is 3.66. The first kappa shape index (κ1) is 20.5. The number of rotatable bonds is 7. The highest BCUT2D eigenvalue weighted by atomic mass is 19.1. The van der Waals surface area contributed by atoms with Crippen molar-refractivity contribution in [1.29, 1.82) is 0 Å². The van der Waals surface area contributed by atoms with Crippen molar-refractivity contribution in [2.45, 2.75) is 26.2 Å². The Morgan fingerprint density at radius 1 is 1.06 bits per heavy atom. The van der Waals surface area contributed by atoms with Crippen molar-refractivity contribution in [3.63, 3.8) is 0 Å². The van der Waals surface area contributed by atoms with E-state index in [0.717, 1.165) is 27.9 Å². The predicted octanol–water partition coefficient (Wildman–Crippen LogP) is 5.53. The molecule has 156 valence electrons. The lowest BCUT2D eigenvalue weighted by molar-refractivity contribution is -0.116. The Morgan fingerprint density at radius 3 is 2.58 bits per heavy atom. The molecule has 5 nitrogen and oxygen atoms in total. The molecular weight excluding hydrogens is 393 g/mol. The van der Waals surface area contributed by atoms with Crippen LogP contribution < -0.4 is 5.32 Å². The standard InChI is InChI=1S/C25H22FN3O2/c1-16(30)17-8-11-19(12-9-17)28-24(31)7-4-5-20-21-15-18(26)10-13-22(21)29-25(20)23-6-2-3-14-27-23/h2-3,6,8-15,29H,4-5,7H2,1H3,(H,28,31). The first-order valence-corrected chi connectivity index (χ1v) is 10.1. The van der Waals surface area contributed by atoms with Gasteiger partial charge < -0.3 is 10.3 Å². The molecule has 4 rings (SSSR count). The van der Waals surface area contributed by atoms with Gasteiger partial charge in [0.05, 0.1) is 11.4 Å². The molecule has 4 aromatic rings. The van der Waals surface area contributed by atoms with Crippen molar-refractivity contribution >= 4 is 28.3 Å². The minimum Gasteiger partial charge on any atom is -0.353 e. The summed E-state index contributed by atoms with van der Waals surface area (Å²) in [6, 6.07) is 17.1. The maximum Gasteiger partial charge on any atom is 0.224 e. The molecule has 0 unspecified atom stereocenters. The highest BCUT2D eigenvalue weighted by Gasteiger charge is 2.15. The van der Waals surface area contributed by atoms with Gasteiger partial charge in [-0.2, -0.15) is 0 Å². The zero-order valence-electron chi connectivity index (χ0n) is 17.1. The summed E-state index contributed by atoms with van der Waals surface area (Å²) in [6.45, 7) is 1.50. The van der Waals surface area contributed by atoms with Crippen LogP contribution in [0.25, 0.3) is 22.3 Å². The van der Waals surface area contributed by atoms with Crippen LogP contribution in [0, 0.1) is 5.82 Å². The van der Waals surface area contributed by atoms with E-state index in [2.05, 4.69) is 15.3 Å². The maximum atomic E-state index is 13.9. The molecule has 0 aliphatic heterocycles. The third-order valence-electron chi connectivity index (χ3n) is 5.20. The van der Waals surface area contributed by atoms with Crippen LogP contribution in [0.2, 0.25) is 0 Å². The summed E-state index contributed by atoms with van der Waals surface area (Å²) in [6.07, 6.45) is 3.24. The van der Waals surface area contributed by atoms with Gasteiger partial charge in [0.2, 0.25) is 5.91 Å². The number of anilines is 1. The van der Waals surface area contributed by atoms with E-state index in [1.165, 1.54) is 19.1 Å². The Kier molecular flexibility index (Phi) is 5.89. The van der Waals surface area contributed by atoms with E-state index in [9.17, 15) is 14.0 Å². The molecule has 0 aliphatic carbocycles. The van der Waals surface area contributed by atoms with E-state index < -0.39 is 0 Å². The number of amides is 1. The third kappa shape index (κ3) is 4.69. The summed E-state index contributed by atoms with van der Waals surface area (Å²) >= 11 is 0. The highest BCUT2D eigenvalue weighted by Crippen LogP contribution is 2.31. The lowest BCUT2D eigenvalue weighted by Gasteiger charge is -2.07. The molecule has 0 saturated carbocycles. The van der Waals surface area contributed by atoms with E-state index >= 15 is 0 Å². The SMILES string of the molecule is CC(=O)c1ccc(NC(=O)CCCc2c(-c3ccccn3)[nH]c3ccc(F)cc23)cc1. The highest BCUT2D eigenvalue weighted by molar-refractivity contribution is 5.95. The Labute approximate surface area is 179 Å². The van der Waals surface area contributed by atoms with Gasteiger partial charge in [0.25, 0.3) is 0 Å². The third-order valence-corrected chi connectivity index (χ3v) is 5.20. The number of halogens is 1. The second-order valence-corrected chi connectivity index (χ2v) is 7.42. The van der Waals surface area contributed by atoms with Crippen molar-refractivity contribution < 1.29 is 14.0 Å². The molecule has 0 atom stereocenters. The fourth-order valence-corrected chi connectivity index (χ4v) is 3.65. The summed E-state index contributed by atoms with van der Waals surface area (Å²) in [7, 11) is 0. The minimum atomic E-state index is -0.299. The molecular formula is C25H22FN3O2. The van der Waals surface area contributed by atoms with Crippen LogP contribution in [0.15, 0.2) is 66.9 Å². The number of carbonyl (C=O) groups excluding carboxylic acids is 2. The van der Waals surface area contributed by atoms with E-state index in [1.807, 2.05) is 18.2 Å². The molecule has 2 N–H and O–H groups in total. The lowest BCUT2D eigenvalue weighted by Crippen LogP contribution is -2.11. The molecule has 0 spiro atoms.